The van der Waals surface area contributed by atoms with Crippen molar-refractivity contribution in [2.45, 2.75) is 37.7 Å². The molecule has 0 fully saturated rings. The number of rotatable bonds is 3. The lowest BCUT2D eigenvalue weighted by atomic mass is 10.00. The molecule has 1 N–H and O–H groups in total. The zero-order chi connectivity index (χ0) is 19.9. The van der Waals surface area contributed by atoms with Gasteiger partial charge >= 0.3 is 6.18 Å². The number of aromatic nitrogens is 2. The van der Waals surface area contributed by atoms with Crippen LogP contribution in [0.2, 0.25) is 0 Å². The number of hydrogen-bond acceptors (Lipinski definition) is 4. The van der Waals surface area contributed by atoms with Gasteiger partial charge in [-0.1, -0.05) is 18.7 Å². The zero-order valence-electron chi connectivity index (χ0n) is 14.8. The van der Waals surface area contributed by atoms with E-state index in [9.17, 15) is 18.0 Å². The molecule has 2 aliphatic heterocycles. The minimum atomic E-state index is -4.45. The molecule has 28 heavy (non-hydrogen) atoms. The van der Waals surface area contributed by atoms with Crippen LogP contribution in [0.3, 0.4) is 0 Å². The standard InChI is InChI=1S/C19H18F3N3O3/c1-2-11-3-4-15-12(7-11)8-13(10-27-15)23-18(26)14-9-17-25(24-14)6-5-16(28-17)19(20,21)22/h2-4,7,9,13,16H,1,5-6,8,10H2,(H,23,26)/t13-,16?/m1/s1. The van der Waals surface area contributed by atoms with Crippen LogP contribution in [0.1, 0.15) is 28.0 Å². The number of nitrogens with one attached hydrogen (secondary N) is 1. The number of nitrogens with zero attached hydrogens (tertiary/aromatic N) is 2. The number of benzene rings is 1. The lowest BCUT2D eigenvalue weighted by Crippen LogP contribution is -2.42. The molecule has 2 aromatic rings. The molecule has 2 aliphatic rings. The Morgan fingerprint density at radius 1 is 1.36 bits per heavy atom. The van der Waals surface area contributed by atoms with E-state index < -0.39 is 18.2 Å². The topological polar surface area (TPSA) is 65.4 Å². The normalized spacial score (nSPS) is 21.0. The van der Waals surface area contributed by atoms with Crippen LogP contribution in [0, 0.1) is 0 Å². The molecule has 1 amide bonds. The van der Waals surface area contributed by atoms with Gasteiger partial charge in [0.05, 0.1) is 6.04 Å². The van der Waals surface area contributed by atoms with Crippen LogP contribution in [0.5, 0.6) is 11.6 Å². The van der Waals surface area contributed by atoms with Gasteiger partial charge < -0.3 is 14.8 Å². The maximum absolute atomic E-state index is 12.8. The minimum Gasteiger partial charge on any atom is -0.491 e. The number of alkyl halides is 3. The smallest absolute Gasteiger partial charge is 0.425 e. The number of amides is 1. The molecule has 2 atom stereocenters. The highest BCUT2D eigenvalue weighted by atomic mass is 19.4. The van der Waals surface area contributed by atoms with Gasteiger partial charge in [0.25, 0.3) is 5.91 Å². The molecule has 1 aromatic carbocycles. The SMILES string of the molecule is C=Cc1ccc2c(c1)C[C@@H](NC(=O)c1cc3n(n1)CCC(C(F)(F)F)O3)CO2. The number of hydrogen-bond donors (Lipinski definition) is 1. The zero-order valence-corrected chi connectivity index (χ0v) is 14.8. The van der Waals surface area contributed by atoms with E-state index in [-0.39, 0.29) is 30.6 Å². The molecule has 3 heterocycles. The summed E-state index contributed by atoms with van der Waals surface area (Å²) in [4.78, 5) is 12.5. The maximum atomic E-state index is 12.8. The third-order valence-corrected chi connectivity index (χ3v) is 4.77. The van der Waals surface area contributed by atoms with Gasteiger partial charge in [0.15, 0.2) is 11.8 Å². The fourth-order valence-corrected chi connectivity index (χ4v) is 3.33. The Morgan fingerprint density at radius 3 is 2.93 bits per heavy atom. The van der Waals surface area contributed by atoms with Gasteiger partial charge in [-0.3, -0.25) is 4.79 Å². The van der Waals surface area contributed by atoms with Crippen molar-refractivity contribution in [2.75, 3.05) is 6.61 Å². The molecule has 0 spiro atoms. The van der Waals surface area contributed by atoms with Crippen molar-refractivity contribution in [1.82, 2.24) is 15.1 Å². The molecule has 1 aromatic heterocycles. The summed E-state index contributed by atoms with van der Waals surface area (Å²) < 4.78 is 50.4. The van der Waals surface area contributed by atoms with Crippen LogP contribution in [0.25, 0.3) is 6.08 Å². The number of halogens is 3. The Hall–Kier alpha value is -2.97. The molecule has 0 radical (unpaired) electrons. The first-order chi connectivity index (χ1) is 13.3. The summed E-state index contributed by atoms with van der Waals surface area (Å²) in [6.45, 7) is 4.07. The highest BCUT2D eigenvalue weighted by Crippen LogP contribution is 2.32. The van der Waals surface area contributed by atoms with E-state index in [1.165, 1.54) is 10.7 Å². The summed E-state index contributed by atoms with van der Waals surface area (Å²) in [6, 6.07) is 6.67. The number of carbonyl (C=O) groups excluding carboxylic acids is 1. The maximum Gasteiger partial charge on any atom is 0.425 e. The monoisotopic (exact) mass is 393 g/mol. The van der Waals surface area contributed by atoms with Crippen molar-refractivity contribution < 1.29 is 27.4 Å². The Balaban J connectivity index is 1.44. The summed E-state index contributed by atoms with van der Waals surface area (Å²) in [5, 5.41) is 6.88. The lowest BCUT2D eigenvalue weighted by Gasteiger charge is -2.26. The highest BCUT2D eigenvalue weighted by molar-refractivity contribution is 5.92. The summed E-state index contributed by atoms with van der Waals surface area (Å²) in [6.07, 6.45) is -4.27. The third-order valence-electron chi connectivity index (χ3n) is 4.77. The average molecular weight is 393 g/mol. The molecule has 0 saturated heterocycles. The first-order valence-corrected chi connectivity index (χ1v) is 8.84. The molecule has 1 unspecified atom stereocenters. The third kappa shape index (κ3) is 3.56. The molecule has 6 nitrogen and oxygen atoms in total. The van der Waals surface area contributed by atoms with E-state index in [4.69, 9.17) is 9.47 Å². The summed E-state index contributed by atoms with van der Waals surface area (Å²) in [5.41, 5.74) is 1.92. The predicted molar refractivity (Wildman–Crippen MR) is 94.3 cm³/mol. The lowest BCUT2D eigenvalue weighted by molar-refractivity contribution is -0.203. The fourth-order valence-electron chi connectivity index (χ4n) is 3.33. The molecule has 148 valence electrons. The van der Waals surface area contributed by atoms with Crippen LogP contribution in [0.4, 0.5) is 13.2 Å². The van der Waals surface area contributed by atoms with Gasteiger partial charge in [0.2, 0.25) is 5.88 Å². The Labute approximate surface area is 158 Å². The van der Waals surface area contributed by atoms with E-state index in [1.807, 2.05) is 18.2 Å². The van der Waals surface area contributed by atoms with Crippen LogP contribution >= 0.6 is 0 Å². The summed E-state index contributed by atoms with van der Waals surface area (Å²) in [7, 11) is 0. The Kier molecular flexibility index (Phi) is 4.52. The average Bonchev–Trinajstić information content (AvgIpc) is 3.10. The molecule has 0 bridgehead atoms. The second kappa shape index (κ2) is 6.88. The van der Waals surface area contributed by atoms with Gasteiger partial charge in [-0.25, -0.2) is 4.68 Å². The van der Waals surface area contributed by atoms with Gasteiger partial charge in [-0.05, 0) is 29.7 Å². The van der Waals surface area contributed by atoms with Crippen molar-refractivity contribution in [3.8, 4) is 11.6 Å². The van der Waals surface area contributed by atoms with Crippen molar-refractivity contribution in [2.24, 2.45) is 0 Å². The molecule has 0 aliphatic carbocycles. The van der Waals surface area contributed by atoms with Crippen molar-refractivity contribution in [3.05, 3.63) is 47.7 Å². The van der Waals surface area contributed by atoms with Gasteiger partial charge in [0, 0.05) is 19.0 Å². The summed E-state index contributed by atoms with van der Waals surface area (Å²) in [5.74, 6) is 0.228. The van der Waals surface area contributed by atoms with Crippen LogP contribution in [-0.2, 0) is 13.0 Å². The molecular weight excluding hydrogens is 375 g/mol. The molecule has 9 heteroatoms. The highest BCUT2D eigenvalue weighted by Gasteiger charge is 2.44. The van der Waals surface area contributed by atoms with E-state index >= 15 is 0 Å². The number of ether oxygens (including phenoxy) is 2. The number of aryl methyl sites for hydroxylation is 1. The Bertz CT molecular complexity index is 923. The quantitative estimate of drug-likeness (QED) is 0.871. The van der Waals surface area contributed by atoms with Crippen molar-refractivity contribution >= 4 is 12.0 Å². The minimum absolute atomic E-state index is 0.0171. The summed E-state index contributed by atoms with van der Waals surface area (Å²) >= 11 is 0. The second-order valence-corrected chi connectivity index (χ2v) is 6.78. The van der Waals surface area contributed by atoms with Crippen LogP contribution in [0.15, 0.2) is 30.8 Å². The first kappa shape index (κ1) is 18.4. The predicted octanol–water partition coefficient (Wildman–Crippen LogP) is 2.97. The van der Waals surface area contributed by atoms with Crippen LogP contribution < -0.4 is 14.8 Å². The largest absolute Gasteiger partial charge is 0.491 e. The van der Waals surface area contributed by atoms with Gasteiger partial charge in [0.1, 0.15) is 12.4 Å². The van der Waals surface area contributed by atoms with E-state index in [1.54, 1.807) is 6.08 Å². The second-order valence-electron chi connectivity index (χ2n) is 6.78. The van der Waals surface area contributed by atoms with Crippen molar-refractivity contribution in [3.63, 3.8) is 0 Å². The van der Waals surface area contributed by atoms with E-state index in [0.717, 1.165) is 16.9 Å². The number of fused-ring (bicyclic) bond motifs is 2. The van der Waals surface area contributed by atoms with Crippen LogP contribution in [-0.4, -0.2) is 40.6 Å². The van der Waals surface area contributed by atoms with E-state index in [2.05, 4.69) is 17.0 Å². The molecule has 4 rings (SSSR count). The Morgan fingerprint density at radius 2 is 2.18 bits per heavy atom. The van der Waals surface area contributed by atoms with Gasteiger partial charge in [-0.2, -0.15) is 18.3 Å². The molecular formula is C19H18F3N3O3. The van der Waals surface area contributed by atoms with E-state index in [0.29, 0.717) is 13.0 Å². The van der Waals surface area contributed by atoms with Crippen molar-refractivity contribution in [1.29, 1.82) is 0 Å². The fraction of sp³-hybridized carbons (Fsp3) is 0.368. The number of carbonyl (C=O) groups is 1. The van der Waals surface area contributed by atoms with Gasteiger partial charge in [-0.15, -0.1) is 0 Å². The first-order valence-electron chi connectivity index (χ1n) is 8.84. The molecule has 0 saturated carbocycles.